The Bertz CT molecular complexity index is 212. The standard InChI is InChI=1S/2C7H11.Zr/c2*1-6-4-3-5-7(6)2;/h2*6H,3-4H2,1-2H3;/q2*-1;+2. The van der Waals surface area contributed by atoms with Gasteiger partial charge in [0.15, 0.2) is 0 Å². The van der Waals surface area contributed by atoms with Crippen molar-refractivity contribution in [2.75, 3.05) is 0 Å². The van der Waals surface area contributed by atoms with E-state index in [1.165, 1.54) is 36.8 Å². The van der Waals surface area contributed by atoms with E-state index in [1.807, 2.05) is 0 Å². The Morgan fingerprint density at radius 2 is 1.20 bits per heavy atom. The molecular formula is C14H22Zr. The van der Waals surface area contributed by atoms with Crippen LogP contribution in [0.2, 0.25) is 0 Å². The third-order valence-corrected chi connectivity index (χ3v) is 3.44. The van der Waals surface area contributed by atoms with Gasteiger partial charge in [-0.1, -0.05) is 52.4 Å². The zero-order valence-corrected chi connectivity index (χ0v) is 12.9. The van der Waals surface area contributed by atoms with Crippen LogP contribution in [-0.2, 0) is 26.2 Å². The summed E-state index contributed by atoms with van der Waals surface area (Å²) in [6.45, 7) is 8.85. The van der Waals surface area contributed by atoms with Crippen LogP contribution in [0, 0.1) is 24.0 Å². The van der Waals surface area contributed by atoms with Crippen molar-refractivity contribution in [3.63, 3.8) is 0 Å². The molecule has 2 atom stereocenters. The van der Waals surface area contributed by atoms with E-state index < -0.39 is 0 Å². The quantitative estimate of drug-likeness (QED) is 0.580. The Kier molecular flexibility index (Phi) is 7.79. The van der Waals surface area contributed by atoms with E-state index in [4.69, 9.17) is 0 Å². The first kappa shape index (κ1) is 15.4. The zero-order valence-electron chi connectivity index (χ0n) is 10.5. The Morgan fingerprint density at radius 3 is 1.27 bits per heavy atom. The summed E-state index contributed by atoms with van der Waals surface area (Å²) in [4.78, 5) is 0. The van der Waals surface area contributed by atoms with Crippen LogP contribution < -0.4 is 0 Å². The molecule has 0 nitrogen and oxygen atoms in total. The monoisotopic (exact) mass is 280 g/mol. The van der Waals surface area contributed by atoms with Crippen molar-refractivity contribution in [2.24, 2.45) is 11.8 Å². The van der Waals surface area contributed by atoms with Crippen molar-refractivity contribution in [1.82, 2.24) is 0 Å². The maximum atomic E-state index is 3.29. The number of rotatable bonds is 0. The van der Waals surface area contributed by atoms with E-state index in [0.29, 0.717) is 0 Å². The van der Waals surface area contributed by atoms with E-state index in [-0.39, 0.29) is 26.2 Å². The van der Waals surface area contributed by atoms with Crippen molar-refractivity contribution in [2.45, 2.75) is 53.4 Å². The molecule has 0 aromatic heterocycles. The molecule has 0 aromatic rings. The largest absolute Gasteiger partial charge is 2.00 e. The summed E-state index contributed by atoms with van der Waals surface area (Å²) >= 11 is 0. The normalized spacial score (nSPS) is 28.5. The van der Waals surface area contributed by atoms with Crippen molar-refractivity contribution >= 4 is 0 Å². The van der Waals surface area contributed by atoms with E-state index in [9.17, 15) is 0 Å². The molecule has 0 fully saturated rings. The molecule has 0 spiro atoms. The molecule has 82 valence electrons. The molecular weight excluding hydrogens is 259 g/mol. The smallest absolute Gasteiger partial charge is 0.497 e. The van der Waals surface area contributed by atoms with Crippen molar-refractivity contribution in [3.05, 3.63) is 23.3 Å². The molecule has 0 bridgehead atoms. The van der Waals surface area contributed by atoms with Crippen LogP contribution in [0.3, 0.4) is 0 Å². The molecule has 0 radical (unpaired) electrons. The molecule has 0 N–H and O–H groups in total. The Balaban J connectivity index is 0.000000245. The second-order valence-corrected chi connectivity index (χ2v) is 4.60. The van der Waals surface area contributed by atoms with Gasteiger partial charge in [0.25, 0.3) is 0 Å². The zero-order chi connectivity index (χ0) is 10.6. The summed E-state index contributed by atoms with van der Waals surface area (Å²) in [6, 6.07) is 0. The Labute approximate surface area is 114 Å². The summed E-state index contributed by atoms with van der Waals surface area (Å²) in [5.41, 5.74) is 2.92. The van der Waals surface area contributed by atoms with Crippen LogP contribution in [0.1, 0.15) is 53.4 Å². The average Bonchev–Trinajstić information content (AvgIpc) is 2.67. The van der Waals surface area contributed by atoms with Crippen molar-refractivity contribution in [3.8, 4) is 0 Å². The van der Waals surface area contributed by atoms with Gasteiger partial charge < -0.3 is 12.2 Å². The molecule has 0 saturated heterocycles. The van der Waals surface area contributed by atoms with Crippen LogP contribution >= 0.6 is 0 Å². The minimum Gasteiger partial charge on any atom is -0.497 e. The fraction of sp³-hybridized carbons (Fsp3) is 0.714. The predicted molar refractivity (Wildman–Crippen MR) is 61.7 cm³/mol. The second-order valence-electron chi connectivity index (χ2n) is 4.60. The van der Waals surface area contributed by atoms with Crippen LogP contribution in [0.15, 0.2) is 11.1 Å². The molecule has 2 rings (SSSR count). The predicted octanol–water partition coefficient (Wildman–Crippen LogP) is 4.33. The summed E-state index contributed by atoms with van der Waals surface area (Å²) in [5, 5.41) is 0. The number of allylic oxidation sites excluding steroid dienone is 4. The molecule has 0 aromatic carbocycles. The summed E-state index contributed by atoms with van der Waals surface area (Å²) in [7, 11) is 0. The van der Waals surface area contributed by atoms with Gasteiger partial charge in [-0.3, -0.25) is 11.1 Å². The van der Waals surface area contributed by atoms with Gasteiger partial charge in [0, 0.05) is 0 Å². The fourth-order valence-electron chi connectivity index (χ4n) is 1.75. The molecule has 2 aliphatic carbocycles. The van der Waals surface area contributed by atoms with Crippen LogP contribution in [0.25, 0.3) is 0 Å². The first-order chi connectivity index (χ1) is 6.61. The van der Waals surface area contributed by atoms with E-state index in [1.54, 1.807) is 0 Å². The molecule has 0 amide bonds. The van der Waals surface area contributed by atoms with Crippen molar-refractivity contribution in [1.29, 1.82) is 0 Å². The van der Waals surface area contributed by atoms with E-state index >= 15 is 0 Å². The minimum atomic E-state index is 0. The van der Waals surface area contributed by atoms with Gasteiger partial charge in [-0.05, 0) is 0 Å². The van der Waals surface area contributed by atoms with Crippen LogP contribution in [-0.4, -0.2) is 0 Å². The fourth-order valence-corrected chi connectivity index (χ4v) is 1.75. The molecule has 0 aliphatic heterocycles. The minimum absolute atomic E-state index is 0. The van der Waals surface area contributed by atoms with Crippen LogP contribution in [0.4, 0.5) is 0 Å². The average molecular weight is 282 g/mol. The number of hydrogen-bond acceptors (Lipinski definition) is 0. The van der Waals surface area contributed by atoms with Gasteiger partial charge in [0.05, 0.1) is 0 Å². The van der Waals surface area contributed by atoms with E-state index in [2.05, 4.69) is 39.8 Å². The Morgan fingerprint density at radius 1 is 0.867 bits per heavy atom. The maximum absolute atomic E-state index is 3.29. The number of hydrogen-bond donors (Lipinski definition) is 0. The second kappa shape index (κ2) is 7.61. The Hall–Kier alpha value is 0.363. The molecule has 0 saturated carbocycles. The third-order valence-electron chi connectivity index (χ3n) is 3.44. The topological polar surface area (TPSA) is 0 Å². The van der Waals surface area contributed by atoms with Gasteiger partial charge >= 0.3 is 26.2 Å². The van der Waals surface area contributed by atoms with Gasteiger partial charge in [0.2, 0.25) is 0 Å². The first-order valence-corrected chi connectivity index (χ1v) is 5.76. The molecule has 2 unspecified atom stereocenters. The molecule has 2 aliphatic rings. The van der Waals surface area contributed by atoms with Gasteiger partial charge in [-0.25, -0.2) is 0 Å². The van der Waals surface area contributed by atoms with Crippen molar-refractivity contribution < 1.29 is 26.2 Å². The third kappa shape index (κ3) is 5.29. The summed E-state index contributed by atoms with van der Waals surface area (Å²) in [6.07, 6.45) is 11.6. The SMILES string of the molecule is CC1=[C-]CCC1C.CC1=[C-]CCC1C.[Zr+2]. The summed E-state index contributed by atoms with van der Waals surface area (Å²) in [5.74, 6) is 1.64. The van der Waals surface area contributed by atoms with E-state index in [0.717, 1.165) is 11.8 Å². The molecule has 1 heteroatoms. The molecule has 0 heterocycles. The maximum Gasteiger partial charge on any atom is 2.00 e. The molecule has 15 heavy (non-hydrogen) atoms. The van der Waals surface area contributed by atoms with Gasteiger partial charge in [0.1, 0.15) is 0 Å². The van der Waals surface area contributed by atoms with Gasteiger partial charge in [-0.15, -0.1) is 0 Å². The van der Waals surface area contributed by atoms with Gasteiger partial charge in [-0.2, -0.15) is 12.8 Å². The van der Waals surface area contributed by atoms with Crippen LogP contribution in [0.5, 0.6) is 0 Å². The summed E-state index contributed by atoms with van der Waals surface area (Å²) < 4.78 is 0. The first-order valence-electron chi connectivity index (χ1n) is 5.76.